The molecule has 1 aliphatic rings. The molecule has 1 amide bonds. The summed E-state index contributed by atoms with van der Waals surface area (Å²) in [6.45, 7) is 7.47. The van der Waals surface area contributed by atoms with Crippen LogP contribution in [0.3, 0.4) is 0 Å². The highest BCUT2D eigenvalue weighted by Crippen LogP contribution is 2.27. The summed E-state index contributed by atoms with van der Waals surface area (Å²) in [5.74, 6) is 1.17. The van der Waals surface area contributed by atoms with Crippen molar-refractivity contribution in [3.05, 3.63) is 18.7 Å². The minimum absolute atomic E-state index is 0. The van der Waals surface area contributed by atoms with Gasteiger partial charge >= 0.3 is 6.03 Å². The van der Waals surface area contributed by atoms with E-state index in [2.05, 4.69) is 20.8 Å². The third-order valence-corrected chi connectivity index (χ3v) is 3.83. The zero-order valence-corrected chi connectivity index (χ0v) is 13.7. The van der Waals surface area contributed by atoms with Crippen LogP contribution in [0.1, 0.15) is 27.2 Å². The van der Waals surface area contributed by atoms with E-state index in [9.17, 15) is 4.79 Å². The topological polar surface area (TPSA) is 29.1 Å². The monoisotopic (exact) mass is 363 g/mol. The van der Waals surface area contributed by atoms with Crippen molar-refractivity contribution >= 4 is 6.03 Å². The summed E-state index contributed by atoms with van der Waals surface area (Å²) < 4.78 is 3.56. The van der Waals surface area contributed by atoms with Crippen molar-refractivity contribution in [2.75, 3.05) is 6.54 Å². The number of piperidine rings is 1. The number of amides is 1. The quantitative estimate of drug-likeness (QED) is 0.414. The summed E-state index contributed by atoms with van der Waals surface area (Å²) in [5, 5.41) is 0. The number of likely N-dealkylation sites (tertiary alicyclic amines) is 1. The molecule has 1 aromatic rings. The van der Waals surface area contributed by atoms with Crippen LogP contribution < -0.4 is 28.5 Å². The van der Waals surface area contributed by atoms with Crippen molar-refractivity contribution in [2.45, 2.75) is 33.2 Å². The van der Waals surface area contributed by atoms with Gasteiger partial charge in [0.1, 0.15) is 12.4 Å². The second-order valence-electron chi connectivity index (χ2n) is 5.48. The second kappa shape index (κ2) is 6.04. The highest BCUT2D eigenvalue weighted by atomic mass is 127. The first-order valence-corrected chi connectivity index (χ1v) is 6.33. The number of halogens is 1. The molecule has 4 nitrogen and oxygen atoms in total. The van der Waals surface area contributed by atoms with Gasteiger partial charge in [-0.05, 0) is 25.2 Å². The lowest BCUT2D eigenvalue weighted by atomic mass is 9.86. The minimum Gasteiger partial charge on any atom is -1.00 e. The summed E-state index contributed by atoms with van der Waals surface area (Å²) in [7, 11) is 1.93. The Morgan fingerprint density at radius 1 is 1.33 bits per heavy atom. The van der Waals surface area contributed by atoms with Gasteiger partial charge in [-0.3, -0.25) is 0 Å². The Labute approximate surface area is 126 Å². The van der Waals surface area contributed by atoms with Crippen LogP contribution in [0, 0.1) is 11.8 Å². The lowest BCUT2D eigenvalue weighted by Gasteiger charge is -2.39. The molecule has 2 heterocycles. The molecular formula is C13H22IN3O. The van der Waals surface area contributed by atoms with Crippen molar-refractivity contribution in [3.8, 4) is 0 Å². The number of hydrogen-bond donors (Lipinski definition) is 0. The number of carbonyl (C=O) groups excluding carboxylic acids is 1. The maximum absolute atomic E-state index is 12.4. The molecule has 0 saturated carbocycles. The maximum Gasteiger partial charge on any atom is 0.416 e. The Kier molecular flexibility index (Phi) is 5.19. The van der Waals surface area contributed by atoms with E-state index in [1.54, 1.807) is 4.57 Å². The first kappa shape index (κ1) is 15.5. The Bertz CT molecular complexity index is 418. The number of hydrogen-bond acceptors (Lipinski definition) is 1. The highest BCUT2D eigenvalue weighted by Gasteiger charge is 2.34. The minimum atomic E-state index is 0. The molecule has 18 heavy (non-hydrogen) atoms. The van der Waals surface area contributed by atoms with Gasteiger partial charge in [0, 0.05) is 12.6 Å². The van der Waals surface area contributed by atoms with Crippen LogP contribution in [0.25, 0.3) is 0 Å². The van der Waals surface area contributed by atoms with Gasteiger partial charge in [0.2, 0.25) is 0 Å². The summed E-state index contributed by atoms with van der Waals surface area (Å²) in [6, 6.07) is 0.419. The normalized spacial score (nSPS) is 27.8. The van der Waals surface area contributed by atoms with Crippen molar-refractivity contribution < 1.29 is 33.3 Å². The fourth-order valence-electron chi connectivity index (χ4n) is 2.68. The summed E-state index contributed by atoms with van der Waals surface area (Å²) in [4.78, 5) is 14.4. The number of rotatable bonds is 0. The molecule has 1 aromatic heterocycles. The van der Waals surface area contributed by atoms with Crippen LogP contribution in [0.15, 0.2) is 18.7 Å². The van der Waals surface area contributed by atoms with Gasteiger partial charge in [-0.2, -0.15) is 4.57 Å². The number of imidazole rings is 1. The van der Waals surface area contributed by atoms with Crippen molar-refractivity contribution in [2.24, 2.45) is 18.9 Å². The van der Waals surface area contributed by atoms with Gasteiger partial charge in [-0.25, -0.2) is 9.36 Å². The average Bonchev–Trinajstić information content (AvgIpc) is 2.69. The molecule has 0 radical (unpaired) electrons. The van der Waals surface area contributed by atoms with Crippen LogP contribution in [0.5, 0.6) is 0 Å². The van der Waals surface area contributed by atoms with E-state index in [-0.39, 0.29) is 30.0 Å². The van der Waals surface area contributed by atoms with Crippen LogP contribution in [0.4, 0.5) is 4.79 Å². The Balaban J connectivity index is 0.00000162. The van der Waals surface area contributed by atoms with E-state index in [0.29, 0.717) is 17.9 Å². The van der Waals surface area contributed by atoms with Crippen molar-refractivity contribution in [3.63, 3.8) is 0 Å². The molecular weight excluding hydrogens is 341 g/mol. The van der Waals surface area contributed by atoms with Gasteiger partial charge in [0.25, 0.3) is 6.33 Å². The van der Waals surface area contributed by atoms with Gasteiger partial charge in [0.05, 0.1) is 7.05 Å². The van der Waals surface area contributed by atoms with Gasteiger partial charge in [-0.15, -0.1) is 0 Å². The maximum atomic E-state index is 12.4. The fraction of sp³-hybridized carbons (Fsp3) is 0.692. The second-order valence-corrected chi connectivity index (χ2v) is 5.48. The lowest BCUT2D eigenvalue weighted by Crippen LogP contribution is -3.00. The van der Waals surface area contributed by atoms with E-state index in [4.69, 9.17) is 0 Å². The molecule has 0 spiro atoms. The molecule has 102 valence electrons. The third kappa shape index (κ3) is 3.05. The molecule has 0 aliphatic carbocycles. The smallest absolute Gasteiger partial charge is 0.416 e. The van der Waals surface area contributed by atoms with Gasteiger partial charge in [-0.1, -0.05) is 13.8 Å². The molecule has 3 atom stereocenters. The predicted octanol–water partition coefficient (Wildman–Crippen LogP) is -1.35. The molecule has 1 saturated heterocycles. The molecule has 0 bridgehead atoms. The summed E-state index contributed by atoms with van der Waals surface area (Å²) in [5.41, 5.74) is 0. The Morgan fingerprint density at radius 2 is 2.00 bits per heavy atom. The summed E-state index contributed by atoms with van der Waals surface area (Å²) in [6.07, 6.45) is 6.74. The standard InChI is InChI=1S/C13H22N3O.HI/c1-10-7-11(2)12(3)16(8-10)13(17)15-6-5-14(4)9-15;/h5-6,9-12H,7-8H2,1-4H3;1H/q+1;/p-1. The highest BCUT2D eigenvalue weighted by molar-refractivity contribution is 5.76. The van der Waals surface area contributed by atoms with Crippen LogP contribution >= 0.6 is 0 Å². The van der Waals surface area contributed by atoms with Crippen LogP contribution in [0.2, 0.25) is 0 Å². The first-order chi connectivity index (χ1) is 7.99. The van der Waals surface area contributed by atoms with E-state index >= 15 is 0 Å². The Hall–Kier alpha value is -0.590. The van der Waals surface area contributed by atoms with Crippen LogP contribution in [-0.2, 0) is 7.05 Å². The first-order valence-electron chi connectivity index (χ1n) is 6.33. The lowest BCUT2D eigenvalue weighted by molar-refractivity contribution is -0.670. The zero-order valence-electron chi connectivity index (χ0n) is 11.5. The SMILES string of the molecule is CC1CC(C)C(C)N(C(=O)n2cc[n+](C)c2)C1.[I-]. The van der Waals surface area contributed by atoms with Crippen molar-refractivity contribution in [1.82, 2.24) is 9.47 Å². The van der Waals surface area contributed by atoms with E-state index in [1.165, 1.54) is 6.42 Å². The zero-order chi connectivity index (χ0) is 12.6. The van der Waals surface area contributed by atoms with E-state index < -0.39 is 0 Å². The molecule has 1 fully saturated rings. The number of aryl methyl sites for hydroxylation is 1. The van der Waals surface area contributed by atoms with Gasteiger partial charge < -0.3 is 28.9 Å². The van der Waals surface area contributed by atoms with Crippen LogP contribution in [-0.4, -0.2) is 28.1 Å². The Morgan fingerprint density at radius 3 is 2.56 bits per heavy atom. The summed E-state index contributed by atoms with van der Waals surface area (Å²) >= 11 is 0. The number of carbonyl (C=O) groups is 1. The predicted molar refractivity (Wildman–Crippen MR) is 65.5 cm³/mol. The molecule has 0 N–H and O–H groups in total. The number of nitrogens with zero attached hydrogens (tertiary/aromatic N) is 3. The van der Waals surface area contributed by atoms with Crippen molar-refractivity contribution in [1.29, 1.82) is 0 Å². The van der Waals surface area contributed by atoms with Gasteiger partial charge in [0.15, 0.2) is 0 Å². The average molecular weight is 363 g/mol. The largest absolute Gasteiger partial charge is 1.00 e. The number of aromatic nitrogens is 2. The molecule has 0 aromatic carbocycles. The molecule has 3 unspecified atom stereocenters. The third-order valence-electron chi connectivity index (χ3n) is 3.83. The molecule has 2 rings (SSSR count). The molecule has 5 heteroatoms. The molecule has 1 aliphatic heterocycles. The van der Waals surface area contributed by atoms with E-state index in [0.717, 1.165) is 6.54 Å². The fourth-order valence-corrected chi connectivity index (χ4v) is 2.68. The van der Waals surface area contributed by atoms with E-state index in [1.807, 2.05) is 35.2 Å².